The van der Waals surface area contributed by atoms with Crippen LogP contribution in [0.25, 0.3) is 0 Å². The minimum Gasteiger partial charge on any atom is -0.481 e. The summed E-state index contributed by atoms with van der Waals surface area (Å²) in [6, 6.07) is 15.6. The second-order valence-electron chi connectivity index (χ2n) is 6.86. The molecule has 6 heteroatoms. The van der Waals surface area contributed by atoms with Crippen LogP contribution in [0.5, 0.6) is 0 Å². The van der Waals surface area contributed by atoms with Crippen LogP contribution in [-0.4, -0.2) is 40.9 Å². The van der Waals surface area contributed by atoms with Gasteiger partial charge in [-0.25, -0.2) is 0 Å². The van der Waals surface area contributed by atoms with Crippen molar-refractivity contribution in [3.05, 3.63) is 65.7 Å². The van der Waals surface area contributed by atoms with Crippen molar-refractivity contribution in [3.8, 4) is 0 Å². The quantitative estimate of drug-likeness (QED) is 0.870. The van der Waals surface area contributed by atoms with Gasteiger partial charge in [-0.3, -0.25) is 14.4 Å². The summed E-state index contributed by atoms with van der Waals surface area (Å²) in [7, 11) is 0. The highest BCUT2D eigenvalue weighted by Crippen LogP contribution is 2.25. The molecule has 2 amide bonds. The van der Waals surface area contributed by atoms with Crippen molar-refractivity contribution >= 4 is 23.5 Å². The van der Waals surface area contributed by atoms with E-state index in [1.54, 1.807) is 53.4 Å². The molecule has 1 heterocycles. The average Bonchev–Trinajstić information content (AvgIpc) is 2.68. The standard InChI is InChI=1S/C21H22N2O4/c1-14-13-23(12-11-18(14)21(26)27)20(25)16-7-9-17(10-8-16)22-19(24)15-5-3-2-4-6-15/h2-10,14,18H,11-13H2,1H3,(H,22,24)(H,26,27). The Labute approximate surface area is 157 Å². The third-order valence-electron chi connectivity index (χ3n) is 4.94. The molecule has 1 saturated heterocycles. The molecule has 2 unspecified atom stereocenters. The van der Waals surface area contributed by atoms with Crippen LogP contribution in [0.4, 0.5) is 5.69 Å². The number of piperidine rings is 1. The molecule has 6 nitrogen and oxygen atoms in total. The molecule has 140 valence electrons. The van der Waals surface area contributed by atoms with Crippen molar-refractivity contribution in [1.29, 1.82) is 0 Å². The number of carboxylic acid groups (broad SMARTS) is 1. The molecule has 0 saturated carbocycles. The monoisotopic (exact) mass is 366 g/mol. The van der Waals surface area contributed by atoms with Gasteiger partial charge < -0.3 is 15.3 Å². The fraction of sp³-hybridized carbons (Fsp3) is 0.286. The van der Waals surface area contributed by atoms with Gasteiger partial charge in [-0.1, -0.05) is 25.1 Å². The van der Waals surface area contributed by atoms with E-state index in [0.717, 1.165) is 0 Å². The summed E-state index contributed by atoms with van der Waals surface area (Å²) >= 11 is 0. The summed E-state index contributed by atoms with van der Waals surface area (Å²) < 4.78 is 0. The van der Waals surface area contributed by atoms with Crippen molar-refractivity contribution < 1.29 is 19.5 Å². The number of hydrogen-bond donors (Lipinski definition) is 2. The van der Waals surface area contributed by atoms with E-state index >= 15 is 0 Å². The first-order valence-electron chi connectivity index (χ1n) is 8.94. The summed E-state index contributed by atoms with van der Waals surface area (Å²) in [6.07, 6.45) is 0.466. The molecule has 0 bridgehead atoms. The molecule has 2 aromatic carbocycles. The van der Waals surface area contributed by atoms with Crippen LogP contribution in [0.3, 0.4) is 0 Å². The molecule has 2 aromatic rings. The zero-order chi connectivity index (χ0) is 19.4. The number of rotatable bonds is 4. The Morgan fingerprint density at radius 2 is 1.67 bits per heavy atom. The second-order valence-corrected chi connectivity index (χ2v) is 6.86. The van der Waals surface area contributed by atoms with Crippen LogP contribution in [0.1, 0.15) is 34.1 Å². The van der Waals surface area contributed by atoms with Crippen molar-refractivity contribution in [2.45, 2.75) is 13.3 Å². The molecule has 2 N–H and O–H groups in total. The fourth-order valence-electron chi connectivity index (χ4n) is 3.37. The number of carbonyl (C=O) groups is 3. The van der Waals surface area contributed by atoms with Crippen LogP contribution in [0.2, 0.25) is 0 Å². The lowest BCUT2D eigenvalue weighted by Gasteiger charge is -2.35. The van der Waals surface area contributed by atoms with Crippen molar-refractivity contribution in [2.24, 2.45) is 11.8 Å². The first kappa shape index (κ1) is 18.6. The summed E-state index contributed by atoms with van der Waals surface area (Å²) in [5, 5.41) is 12.0. The highest BCUT2D eigenvalue weighted by atomic mass is 16.4. The first-order valence-corrected chi connectivity index (χ1v) is 8.94. The van der Waals surface area contributed by atoms with Gasteiger partial charge >= 0.3 is 5.97 Å². The third kappa shape index (κ3) is 4.34. The van der Waals surface area contributed by atoms with Crippen LogP contribution >= 0.6 is 0 Å². The Morgan fingerprint density at radius 3 is 2.26 bits per heavy atom. The molecule has 2 atom stereocenters. The van der Waals surface area contributed by atoms with E-state index < -0.39 is 11.9 Å². The third-order valence-corrected chi connectivity index (χ3v) is 4.94. The van der Waals surface area contributed by atoms with Crippen molar-refractivity contribution in [2.75, 3.05) is 18.4 Å². The Kier molecular flexibility index (Phi) is 5.54. The molecule has 1 fully saturated rings. The predicted molar refractivity (Wildman–Crippen MR) is 102 cm³/mol. The minimum atomic E-state index is -0.798. The van der Waals surface area contributed by atoms with Crippen LogP contribution in [-0.2, 0) is 4.79 Å². The lowest BCUT2D eigenvalue weighted by atomic mass is 9.87. The maximum Gasteiger partial charge on any atom is 0.306 e. The van der Waals surface area contributed by atoms with Crippen molar-refractivity contribution in [3.63, 3.8) is 0 Å². The molecular formula is C21H22N2O4. The number of hydrogen-bond acceptors (Lipinski definition) is 3. The highest BCUT2D eigenvalue weighted by molar-refractivity contribution is 6.04. The van der Waals surface area contributed by atoms with E-state index in [2.05, 4.69) is 5.32 Å². The number of nitrogens with zero attached hydrogens (tertiary/aromatic N) is 1. The van der Waals surface area contributed by atoms with Gasteiger partial charge in [-0.15, -0.1) is 0 Å². The minimum absolute atomic E-state index is 0.0790. The summed E-state index contributed by atoms with van der Waals surface area (Å²) in [5.74, 6) is -1.60. The first-order chi connectivity index (χ1) is 13.0. The normalized spacial score (nSPS) is 19.4. The number of nitrogens with one attached hydrogen (secondary N) is 1. The summed E-state index contributed by atoms with van der Waals surface area (Å²) in [5.41, 5.74) is 1.69. The zero-order valence-corrected chi connectivity index (χ0v) is 15.1. The molecule has 0 aliphatic carbocycles. The Morgan fingerprint density at radius 1 is 1.00 bits per heavy atom. The maximum absolute atomic E-state index is 12.7. The van der Waals surface area contributed by atoms with Gasteiger partial charge in [0.25, 0.3) is 11.8 Å². The Bertz CT molecular complexity index is 833. The molecule has 0 aromatic heterocycles. The second kappa shape index (κ2) is 8.03. The van der Waals surface area contributed by atoms with Gasteiger partial charge in [0, 0.05) is 29.9 Å². The van der Waals surface area contributed by atoms with E-state index in [1.165, 1.54) is 0 Å². The molecule has 3 rings (SSSR count). The molecule has 1 aliphatic heterocycles. The van der Waals surface area contributed by atoms with E-state index in [0.29, 0.717) is 36.3 Å². The SMILES string of the molecule is CC1CN(C(=O)c2ccc(NC(=O)c3ccccc3)cc2)CCC1C(=O)O. The number of anilines is 1. The smallest absolute Gasteiger partial charge is 0.306 e. The molecule has 0 spiro atoms. The maximum atomic E-state index is 12.7. The van der Waals surface area contributed by atoms with Gasteiger partial charge in [-0.05, 0) is 48.7 Å². The number of likely N-dealkylation sites (tertiary alicyclic amines) is 1. The average molecular weight is 366 g/mol. The number of benzene rings is 2. The lowest BCUT2D eigenvalue weighted by Crippen LogP contribution is -2.45. The van der Waals surface area contributed by atoms with Gasteiger partial charge in [0.05, 0.1) is 5.92 Å². The number of carboxylic acids is 1. The summed E-state index contributed by atoms with van der Waals surface area (Å²) in [6.45, 7) is 2.73. The zero-order valence-electron chi connectivity index (χ0n) is 15.1. The lowest BCUT2D eigenvalue weighted by molar-refractivity contribution is -0.145. The van der Waals surface area contributed by atoms with Crippen LogP contribution < -0.4 is 5.32 Å². The van der Waals surface area contributed by atoms with Gasteiger partial charge in [-0.2, -0.15) is 0 Å². The van der Waals surface area contributed by atoms with Gasteiger partial charge in [0.2, 0.25) is 0 Å². The molecule has 1 aliphatic rings. The topological polar surface area (TPSA) is 86.7 Å². The predicted octanol–water partition coefficient (Wildman–Crippen LogP) is 3.12. The van der Waals surface area contributed by atoms with E-state index in [9.17, 15) is 19.5 Å². The van der Waals surface area contributed by atoms with Crippen LogP contribution in [0, 0.1) is 11.8 Å². The Balaban J connectivity index is 1.62. The number of aliphatic carboxylic acids is 1. The Hall–Kier alpha value is -3.15. The number of carbonyl (C=O) groups excluding carboxylic acids is 2. The summed E-state index contributed by atoms with van der Waals surface area (Å²) in [4.78, 5) is 37.7. The fourth-order valence-corrected chi connectivity index (χ4v) is 3.37. The van der Waals surface area contributed by atoms with Gasteiger partial charge in [0.1, 0.15) is 0 Å². The molecule has 0 radical (unpaired) electrons. The largest absolute Gasteiger partial charge is 0.481 e. The van der Waals surface area contributed by atoms with E-state index in [-0.39, 0.29) is 17.7 Å². The molecule has 27 heavy (non-hydrogen) atoms. The van der Waals surface area contributed by atoms with Crippen molar-refractivity contribution in [1.82, 2.24) is 4.90 Å². The van der Waals surface area contributed by atoms with Gasteiger partial charge in [0.15, 0.2) is 0 Å². The number of amides is 2. The highest BCUT2D eigenvalue weighted by Gasteiger charge is 2.33. The molecular weight excluding hydrogens is 344 g/mol. The van der Waals surface area contributed by atoms with E-state index in [1.807, 2.05) is 13.0 Å². The van der Waals surface area contributed by atoms with E-state index in [4.69, 9.17) is 0 Å². The van der Waals surface area contributed by atoms with Crippen LogP contribution in [0.15, 0.2) is 54.6 Å².